The van der Waals surface area contributed by atoms with Gasteiger partial charge in [-0.25, -0.2) is 0 Å². The number of hydrogen-bond donors (Lipinski definition) is 1. The number of aryl methyl sites for hydroxylation is 1. The van der Waals surface area contributed by atoms with Gasteiger partial charge >= 0.3 is 5.97 Å². The maximum absolute atomic E-state index is 11.6. The first kappa shape index (κ1) is 15.4. The number of nitrogens with one attached hydrogen (secondary N) is 1. The molecule has 0 radical (unpaired) electrons. The predicted octanol–water partition coefficient (Wildman–Crippen LogP) is 1.46. The highest BCUT2D eigenvalue weighted by molar-refractivity contribution is 5.72. The number of piperidine rings is 1. The number of hydrogen-bond acceptors (Lipinski definition) is 5. The molecular formula is C17H25N3O2. The van der Waals surface area contributed by atoms with Gasteiger partial charge in [0.05, 0.1) is 18.7 Å². The lowest BCUT2D eigenvalue weighted by molar-refractivity contribution is -0.147. The summed E-state index contributed by atoms with van der Waals surface area (Å²) in [5.41, 5.74) is 3.79. The van der Waals surface area contributed by atoms with Gasteiger partial charge in [0.25, 0.3) is 0 Å². The quantitative estimate of drug-likeness (QED) is 0.854. The Morgan fingerprint density at radius 3 is 2.68 bits per heavy atom. The van der Waals surface area contributed by atoms with Crippen molar-refractivity contribution in [1.29, 1.82) is 0 Å². The van der Waals surface area contributed by atoms with Gasteiger partial charge in [0, 0.05) is 31.7 Å². The molecule has 0 aliphatic carbocycles. The fourth-order valence-electron chi connectivity index (χ4n) is 3.24. The van der Waals surface area contributed by atoms with Crippen LogP contribution in [0.3, 0.4) is 0 Å². The summed E-state index contributed by atoms with van der Waals surface area (Å²) < 4.78 is 4.84. The van der Waals surface area contributed by atoms with Crippen LogP contribution >= 0.6 is 0 Å². The number of esters is 1. The minimum atomic E-state index is -0.0626. The van der Waals surface area contributed by atoms with Crippen LogP contribution in [0.5, 0.6) is 0 Å². The molecule has 1 N–H and O–H groups in total. The lowest BCUT2D eigenvalue weighted by Gasteiger charge is -2.31. The highest BCUT2D eigenvalue weighted by Crippen LogP contribution is 2.23. The Morgan fingerprint density at radius 1 is 1.41 bits per heavy atom. The molecule has 2 aliphatic rings. The Hall–Kier alpha value is -1.46. The molecule has 0 bridgehead atoms. The lowest BCUT2D eigenvalue weighted by Crippen LogP contribution is -2.40. The Kier molecular flexibility index (Phi) is 4.74. The Bertz CT molecular complexity index is 535. The summed E-state index contributed by atoms with van der Waals surface area (Å²) in [6.45, 7) is 7.05. The number of rotatable bonds is 4. The van der Waals surface area contributed by atoms with Gasteiger partial charge in [-0.1, -0.05) is 6.07 Å². The van der Waals surface area contributed by atoms with Gasteiger partial charge in [-0.2, -0.15) is 0 Å². The van der Waals surface area contributed by atoms with Crippen molar-refractivity contribution in [3.05, 3.63) is 29.1 Å². The first-order chi connectivity index (χ1) is 10.7. The second-order valence-electron chi connectivity index (χ2n) is 6.46. The van der Waals surface area contributed by atoms with E-state index in [1.54, 1.807) is 0 Å². The van der Waals surface area contributed by atoms with Crippen molar-refractivity contribution in [2.24, 2.45) is 5.92 Å². The fraction of sp³-hybridized carbons (Fsp3) is 0.647. The molecule has 2 fully saturated rings. The molecule has 3 heterocycles. The van der Waals surface area contributed by atoms with E-state index in [9.17, 15) is 4.79 Å². The summed E-state index contributed by atoms with van der Waals surface area (Å²) >= 11 is 0. The number of carbonyl (C=O) groups excluding carboxylic acids is 1. The third-order valence-electron chi connectivity index (χ3n) is 4.96. The van der Waals surface area contributed by atoms with E-state index < -0.39 is 0 Å². The maximum Gasteiger partial charge on any atom is 0.308 e. The second kappa shape index (κ2) is 6.75. The van der Waals surface area contributed by atoms with Crippen LogP contribution in [0.25, 0.3) is 0 Å². The van der Waals surface area contributed by atoms with Crippen molar-refractivity contribution in [3.8, 4) is 0 Å². The molecule has 1 aromatic rings. The van der Waals surface area contributed by atoms with Crippen molar-refractivity contribution in [1.82, 2.24) is 15.2 Å². The Morgan fingerprint density at radius 2 is 2.14 bits per heavy atom. The smallest absolute Gasteiger partial charge is 0.308 e. The molecule has 5 heteroatoms. The number of nitrogens with zero attached hydrogens (tertiary/aromatic N) is 2. The minimum absolute atomic E-state index is 0.0626. The molecular weight excluding hydrogens is 278 g/mol. The molecule has 0 amide bonds. The topological polar surface area (TPSA) is 54.5 Å². The SMILES string of the molecule is COC(=O)C1CCN(Cc2ncc(C3CNC3)cc2C)CC1. The first-order valence-corrected chi connectivity index (χ1v) is 8.13. The van der Waals surface area contributed by atoms with E-state index >= 15 is 0 Å². The summed E-state index contributed by atoms with van der Waals surface area (Å²) in [5, 5.41) is 3.30. The third-order valence-corrected chi connectivity index (χ3v) is 4.96. The average molecular weight is 303 g/mol. The molecule has 22 heavy (non-hydrogen) atoms. The van der Waals surface area contributed by atoms with E-state index in [4.69, 9.17) is 4.74 Å². The maximum atomic E-state index is 11.6. The van der Waals surface area contributed by atoms with Crippen LogP contribution in [0.4, 0.5) is 0 Å². The van der Waals surface area contributed by atoms with E-state index in [0.29, 0.717) is 5.92 Å². The number of methoxy groups -OCH3 is 1. The molecule has 5 nitrogen and oxygen atoms in total. The van der Waals surface area contributed by atoms with Crippen LogP contribution in [0.2, 0.25) is 0 Å². The molecule has 120 valence electrons. The van der Waals surface area contributed by atoms with Crippen LogP contribution in [0.15, 0.2) is 12.3 Å². The van der Waals surface area contributed by atoms with Crippen LogP contribution in [0.1, 0.15) is 35.6 Å². The molecule has 0 spiro atoms. The van der Waals surface area contributed by atoms with Crippen LogP contribution in [-0.2, 0) is 16.1 Å². The molecule has 0 unspecified atom stereocenters. The van der Waals surface area contributed by atoms with Crippen LogP contribution < -0.4 is 5.32 Å². The van der Waals surface area contributed by atoms with Crippen LogP contribution in [0, 0.1) is 12.8 Å². The van der Waals surface area contributed by atoms with Gasteiger partial charge in [-0.05, 0) is 44.0 Å². The molecule has 0 aromatic carbocycles. The number of pyridine rings is 1. The number of ether oxygens (including phenoxy) is 1. The number of carbonyl (C=O) groups is 1. The molecule has 2 saturated heterocycles. The zero-order chi connectivity index (χ0) is 15.5. The van der Waals surface area contributed by atoms with E-state index in [1.165, 1.54) is 18.2 Å². The second-order valence-corrected chi connectivity index (χ2v) is 6.46. The summed E-state index contributed by atoms with van der Waals surface area (Å²) in [4.78, 5) is 18.6. The lowest BCUT2D eigenvalue weighted by atomic mass is 9.93. The number of aromatic nitrogens is 1. The Balaban J connectivity index is 1.56. The molecule has 0 atom stereocenters. The summed E-state index contributed by atoms with van der Waals surface area (Å²) in [6.07, 6.45) is 3.81. The van der Waals surface area contributed by atoms with Crippen molar-refractivity contribution in [2.45, 2.75) is 32.2 Å². The standard InChI is InChI=1S/C17H25N3O2/c1-12-7-14(15-8-18-9-15)10-19-16(12)11-20-5-3-13(4-6-20)17(21)22-2/h7,10,13,15,18H,3-6,8-9,11H2,1-2H3. The molecule has 3 rings (SSSR count). The van der Waals surface area contributed by atoms with Gasteiger partial charge in [0.1, 0.15) is 0 Å². The van der Waals surface area contributed by atoms with Gasteiger partial charge in [-0.15, -0.1) is 0 Å². The summed E-state index contributed by atoms with van der Waals surface area (Å²) in [6, 6.07) is 2.29. The predicted molar refractivity (Wildman–Crippen MR) is 84.6 cm³/mol. The minimum Gasteiger partial charge on any atom is -0.469 e. The van der Waals surface area contributed by atoms with Crippen molar-refractivity contribution < 1.29 is 9.53 Å². The molecule has 1 aromatic heterocycles. The monoisotopic (exact) mass is 303 g/mol. The normalized spacial score (nSPS) is 20.6. The largest absolute Gasteiger partial charge is 0.469 e. The molecule has 0 saturated carbocycles. The van der Waals surface area contributed by atoms with Gasteiger partial charge in [-0.3, -0.25) is 14.7 Å². The number of likely N-dealkylation sites (tertiary alicyclic amines) is 1. The first-order valence-electron chi connectivity index (χ1n) is 8.13. The zero-order valence-corrected chi connectivity index (χ0v) is 13.5. The van der Waals surface area contributed by atoms with Crippen molar-refractivity contribution >= 4 is 5.97 Å². The van der Waals surface area contributed by atoms with Gasteiger partial charge in [0.15, 0.2) is 0 Å². The van der Waals surface area contributed by atoms with Crippen LogP contribution in [-0.4, -0.2) is 49.1 Å². The van der Waals surface area contributed by atoms with E-state index in [1.807, 2.05) is 6.20 Å². The van der Waals surface area contributed by atoms with E-state index in [0.717, 1.165) is 51.3 Å². The average Bonchev–Trinajstić information content (AvgIpc) is 2.48. The third kappa shape index (κ3) is 3.31. The van der Waals surface area contributed by atoms with Gasteiger partial charge in [0.2, 0.25) is 0 Å². The zero-order valence-electron chi connectivity index (χ0n) is 13.5. The van der Waals surface area contributed by atoms with E-state index in [-0.39, 0.29) is 11.9 Å². The summed E-state index contributed by atoms with van der Waals surface area (Å²) in [7, 11) is 1.47. The van der Waals surface area contributed by atoms with E-state index in [2.05, 4.69) is 28.2 Å². The molecule has 2 aliphatic heterocycles. The Labute approximate surface area is 132 Å². The fourth-order valence-corrected chi connectivity index (χ4v) is 3.24. The highest BCUT2D eigenvalue weighted by Gasteiger charge is 2.26. The highest BCUT2D eigenvalue weighted by atomic mass is 16.5. The summed E-state index contributed by atoms with van der Waals surface area (Å²) in [5.74, 6) is 0.646. The van der Waals surface area contributed by atoms with Crippen molar-refractivity contribution in [2.75, 3.05) is 33.3 Å². The van der Waals surface area contributed by atoms with Crippen molar-refractivity contribution in [3.63, 3.8) is 0 Å². The van der Waals surface area contributed by atoms with Gasteiger partial charge < -0.3 is 10.1 Å².